The Kier molecular flexibility index (Phi) is 8.07. The minimum absolute atomic E-state index is 0.591. The van der Waals surface area contributed by atoms with Gasteiger partial charge in [-0.3, -0.25) is 0 Å². The SMILES string of the molecule is c1ccc(-c2nc(-c3ccccc3)nc(-c3ccc4c(c3)oc3cccc(-c5ccc(N(c6cccc7ccccc67)c6cccc7ccccc67)cc5)c34)n2)cc1. The molecule has 11 rings (SSSR count). The summed E-state index contributed by atoms with van der Waals surface area (Å²) in [7, 11) is 0. The Bertz CT molecular complexity index is 3140. The van der Waals surface area contributed by atoms with Crippen LogP contribution in [-0.2, 0) is 0 Å². The molecule has 0 amide bonds. The minimum atomic E-state index is 0.591. The Balaban J connectivity index is 1.01. The molecule has 0 aliphatic heterocycles. The van der Waals surface area contributed by atoms with Crippen molar-refractivity contribution in [2.24, 2.45) is 0 Å². The standard InChI is InChI=1S/C53H34N4O/c1-3-16-38(17-4-1)51-54-52(39-18-5-2-6-19-39)56-53(55-51)40-30-33-45-49(34-40)58-48-27-13-24-44(50(45)48)37-28-31-41(32-29-37)57(46-25-11-20-35-14-7-9-22-42(35)46)47-26-12-21-36-15-8-10-23-43(36)47/h1-34H. The lowest BCUT2D eigenvalue weighted by molar-refractivity contribution is 0.669. The summed E-state index contributed by atoms with van der Waals surface area (Å²) in [4.78, 5) is 17.2. The summed E-state index contributed by atoms with van der Waals surface area (Å²) >= 11 is 0. The topological polar surface area (TPSA) is 55.1 Å². The molecule has 0 atom stereocenters. The van der Waals surface area contributed by atoms with E-state index in [2.05, 4.69) is 138 Å². The van der Waals surface area contributed by atoms with Crippen LogP contribution in [0.3, 0.4) is 0 Å². The number of hydrogen-bond acceptors (Lipinski definition) is 5. The molecule has 0 fully saturated rings. The fraction of sp³-hybridized carbons (Fsp3) is 0. The Labute approximate surface area is 335 Å². The highest BCUT2D eigenvalue weighted by molar-refractivity contribution is 6.13. The van der Waals surface area contributed by atoms with Crippen molar-refractivity contribution in [1.29, 1.82) is 0 Å². The van der Waals surface area contributed by atoms with Crippen molar-refractivity contribution in [2.75, 3.05) is 4.90 Å². The van der Waals surface area contributed by atoms with Crippen LogP contribution in [-0.4, -0.2) is 15.0 Å². The Morgan fingerprint density at radius 2 is 0.845 bits per heavy atom. The first-order valence-corrected chi connectivity index (χ1v) is 19.4. The van der Waals surface area contributed by atoms with Gasteiger partial charge < -0.3 is 9.32 Å². The minimum Gasteiger partial charge on any atom is -0.456 e. The molecule has 272 valence electrons. The molecule has 0 saturated carbocycles. The number of anilines is 3. The first-order chi connectivity index (χ1) is 28.7. The third-order valence-electron chi connectivity index (χ3n) is 10.9. The van der Waals surface area contributed by atoms with Gasteiger partial charge in [0.15, 0.2) is 17.5 Å². The maximum absolute atomic E-state index is 6.59. The van der Waals surface area contributed by atoms with E-state index in [0.717, 1.165) is 66.8 Å². The number of nitrogens with zero attached hydrogens (tertiary/aromatic N) is 4. The molecule has 0 aliphatic rings. The molecule has 0 aliphatic carbocycles. The molecule has 58 heavy (non-hydrogen) atoms. The molecule has 2 aromatic heterocycles. The molecule has 11 aromatic rings. The fourth-order valence-electron chi connectivity index (χ4n) is 8.15. The van der Waals surface area contributed by atoms with Gasteiger partial charge in [-0.15, -0.1) is 0 Å². The summed E-state index contributed by atoms with van der Waals surface area (Å²) in [5.41, 5.74) is 9.87. The van der Waals surface area contributed by atoms with Crippen molar-refractivity contribution in [3.05, 3.63) is 206 Å². The van der Waals surface area contributed by atoms with Gasteiger partial charge in [-0.1, -0.05) is 164 Å². The van der Waals surface area contributed by atoms with E-state index in [1.165, 1.54) is 21.5 Å². The number of rotatable bonds is 7. The summed E-state index contributed by atoms with van der Waals surface area (Å²) < 4.78 is 6.59. The Hall–Kier alpha value is -7.89. The summed E-state index contributed by atoms with van der Waals surface area (Å²) in [5, 5.41) is 6.90. The van der Waals surface area contributed by atoms with E-state index in [0.29, 0.717) is 17.5 Å². The molecule has 5 nitrogen and oxygen atoms in total. The summed E-state index contributed by atoms with van der Waals surface area (Å²) in [6, 6.07) is 71.8. The van der Waals surface area contributed by atoms with E-state index in [1.807, 2.05) is 72.8 Å². The number of hydrogen-bond donors (Lipinski definition) is 0. The normalized spacial score (nSPS) is 11.4. The first-order valence-electron chi connectivity index (χ1n) is 19.4. The molecule has 0 saturated heterocycles. The molecule has 0 bridgehead atoms. The Morgan fingerprint density at radius 3 is 1.45 bits per heavy atom. The van der Waals surface area contributed by atoms with Crippen LogP contribution in [0.5, 0.6) is 0 Å². The second-order valence-electron chi connectivity index (χ2n) is 14.4. The molecule has 0 N–H and O–H groups in total. The van der Waals surface area contributed by atoms with Crippen molar-refractivity contribution in [3.63, 3.8) is 0 Å². The maximum Gasteiger partial charge on any atom is 0.164 e. The predicted molar refractivity (Wildman–Crippen MR) is 239 cm³/mol. The molecule has 0 spiro atoms. The lowest BCUT2D eigenvalue weighted by atomic mass is 9.98. The smallest absolute Gasteiger partial charge is 0.164 e. The highest BCUT2D eigenvalue weighted by Gasteiger charge is 2.20. The van der Waals surface area contributed by atoms with Gasteiger partial charge in [-0.05, 0) is 64.4 Å². The molecule has 9 aromatic carbocycles. The third kappa shape index (κ3) is 5.85. The molecule has 2 heterocycles. The summed E-state index contributed by atoms with van der Waals surface area (Å²) in [6.45, 7) is 0. The quantitative estimate of drug-likeness (QED) is 0.163. The van der Waals surface area contributed by atoms with Crippen LogP contribution in [0.15, 0.2) is 211 Å². The van der Waals surface area contributed by atoms with Gasteiger partial charge >= 0.3 is 0 Å². The molecular weight excluding hydrogens is 709 g/mol. The van der Waals surface area contributed by atoms with Gasteiger partial charge in [-0.2, -0.15) is 0 Å². The van der Waals surface area contributed by atoms with Crippen LogP contribution in [0.1, 0.15) is 0 Å². The third-order valence-corrected chi connectivity index (χ3v) is 10.9. The van der Waals surface area contributed by atoms with Gasteiger partial charge in [-0.25, -0.2) is 15.0 Å². The molecule has 0 unspecified atom stereocenters. The second kappa shape index (κ2) is 14.0. The average molecular weight is 743 g/mol. The van der Waals surface area contributed by atoms with Crippen molar-refractivity contribution in [1.82, 2.24) is 15.0 Å². The van der Waals surface area contributed by atoms with E-state index in [9.17, 15) is 0 Å². The van der Waals surface area contributed by atoms with Crippen molar-refractivity contribution >= 4 is 60.5 Å². The van der Waals surface area contributed by atoms with Crippen molar-refractivity contribution < 1.29 is 4.42 Å². The number of fused-ring (bicyclic) bond motifs is 5. The summed E-state index contributed by atoms with van der Waals surface area (Å²) in [5.74, 6) is 1.84. The van der Waals surface area contributed by atoms with Gasteiger partial charge in [0.2, 0.25) is 0 Å². The summed E-state index contributed by atoms with van der Waals surface area (Å²) in [6.07, 6.45) is 0. The maximum atomic E-state index is 6.59. The van der Waals surface area contributed by atoms with Gasteiger partial charge in [0.05, 0.1) is 11.4 Å². The predicted octanol–water partition coefficient (Wildman–Crippen LogP) is 14.2. The lowest BCUT2D eigenvalue weighted by Crippen LogP contribution is -2.11. The zero-order chi connectivity index (χ0) is 38.4. The lowest BCUT2D eigenvalue weighted by Gasteiger charge is -2.28. The molecule has 5 heteroatoms. The van der Waals surface area contributed by atoms with Crippen LogP contribution in [0.2, 0.25) is 0 Å². The highest BCUT2D eigenvalue weighted by atomic mass is 16.3. The van der Waals surface area contributed by atoms with E-state index in [4.69, 9.17) is 19.4 Å². The number of aromatic nitrogens is 3. The van der Waals surface area contributed by atoms with Gasteiger partial charge in [0, 0.05) is 43.9 Å². The van der Waals surface area contributed by atoms with Crippen LogP contribution < -0.4 is 4.90 Å². The number of benzene rings is 9. The largest absolute Gasteiger partial charge is 0.456 e. The monoisotopic (exact) mass is 742 g/mol. The van der Waals surface area contributed by atoms with E-state index < -0.39 is 0 Å². The van der Waals surface area contributed by atoms with E-state index >= 15 is 0 Å². The molecule has 0 radical (unpaired) electrons. The van der Waals surface area contributed by atoms with Crippen LogP contribution >= 0.6 is 0 Å². The van der Waals surface area contributed by atoms with Crippen LogP contribution in [0.4, 0.5) is 17.1 Å². The van der Waals surface area contributed by atoms with Crippen LogP contribution in [0, 0.1) is 0 Å². The number of furan rings is 1. The molecular formula is C53H34N4O. The van der Waals surface area contributed by atoms with Crippen molar-refractivity contribution in [3.8, 4) is 45.3 Å². The van der Waals surface area contributed by atoms with E-state index in [-0.39, 0.29) is 0 Å². The van der Waals surface area contributed by atoms with Gasteiger partial charge in [0.25, 0.3) is 0 Å². The highest BCUT2D eigenvalue weighted by Crippen LogP contribution is 2.44. The Morgan fingerprint density at radius 1 is 0.345 bits per heavy atom. The van der Waals surface area contributed by atoms with Crippen LogP contribution in [0.25, 0.3) is 88.8 Å². The zero-order valence-electron chi connectivity index (χ0n) is 31.3. The average Bonchev–Trinajstić information content (AvgIpc) is 3.68. The second-order valence-corrected chi connectivity index (χ2v) is 14.4. The van der Waals surface area contributed by atoms with E-state index in [1.54, 1.807) is 0 Å². The first kappa shape index (κ1) is 33.4. The zero-order valence-corrected chi connectivity index (χ0v) is 31.3. The fourth-order valence-corrected chi connectivity index (χ4v) is 8.15. The van der Waals surface area contributed by atoms with Gasteiger partial charge in [0.1, 0.15) is 11.2 Å². The van der Waals surface area contributed by atoms with Crippen molar-refractivity contribution in [2.45, 2.75) is 0 Å².